The van der Waals surface area contributed by atoms with Gasteiger partial charge >= 0.3 is 0 Å². The molecule has 0 atom stereocenters. The average molecular weight is 213 g/mol. The number of fused-ring (bicyclic) bond motifs is 1. The first-order valence-corrected chi connectivity index (χ1v) is 4.87. The average Bonchev–Trinajstić information content (AvgIpc) is 2.29. The summed E-state index contributed by atoms with van der Waals surface area (Å²) in [5.74, 6) is 0.687. The van der Waals surface area contributed by atoms with Gasteiger partial charge in [-0.05, 0) is 36.1 Å². The van der Waals surface area contributed by atoms with Crippen LogP contribution in [0.1, 0.15) is 11.1 Å². The molecule has 0 heterocycles. The number of ether oxygens (including phenoxy) is 1. The summed E-state index contributed by atoms with van der Waals surface area (Å²) in [6, 6.07) is 9.30. The Bertz CT molecular complexity index is 597. The molecule has 2 aromatic carbocycles. The minimum Gasteiger partial charge on any atom is -0.506 e. The highest BCUT2D eigenvalue weighted by Gasteiger charge is 2.10. The van der Waals surface area contributed by atoms with Crippen LogP contribution in [0.15, 0.2) is 24.3 Å². The first kappa shape index (κ1) is 10.3. The van der Waals surface area contributed by atoms with Crippen molar-refractivity contribution in [3.8, 4) is 17.6 Å². The third kappa shape index (κ3) is 1.45. The van der Waals surface area contributed by atoms with Crippen molar-refractivity contribution < 1.29 is 9.84 Å². The van der Waals surface area contributed by atoms with Crippen molar-refractivity contribution in [1.82, 2.24) is 0 Å². The number of nitrogens with zero attached hydrogens (tertiary/aromatic N) is 1. The number of phenols is 1. The number of hydrogen-bond acceptors (Lipinski definition) is 3. The lowest BCUT2D eigenvalue weighted by atomic mass is 10.0. The van der Waals surface area contributed by atoms with Gasteiger partial charge in [0.1, 0.15) is 17.6 Å². The molecule has 0 aliphatic rings. The maximum absolute atomic E-state index is 9.97. The van der Waals surface area contributed by atoms with E-state index in [0.717, 1.165) is 10.9 Å². The number of rotatable bonds is 1. The topological polar surface area (TPSA) is 53.2 Å². The van der Waals surface area contributed by atoms with Crippen molar-refractivity contribution in [3.63, 3.8) is 0 Å². The zero-order chi connectivity index (χ0) is 11.7. The number of phenolic OH excluding ortho intramolecular Hbond substituents is 1. The monoisotopic (exact) mass is 213 g/mol. The minimum atomic E-state index is 0.0244. The van der Waals surface area contributed by atoms with Gasteiger partial charge in [-0.25, -0.2) is 0 Å². The summed E-state index contributed by atoms with van der Waals surface area (Å²) >= 11 is 0. The van der Waals surface area contributed by atoms with Crippen LogP contribution in [0.25, 0.3) is 10.8 Å². The molecule has 0 unspecified atom stereocenters. The molecule has 0 spiro atoms. The van der Waals surface area contributed by atoms with Gasteiger partial charge in [-0.2, -0.15) is 5.26 Å². The van der Waals surface area contributed by atoms with Crippen LogP contribution in [0.2, 0.25) is 0 Å². The van der Waals surface area contributed by atoms with E-state index in [-0.39, 0.29) is 5.75 Å². The van der Waals surface area contributed by atoms with Crippen LogP contribution < -0.4 is 4.74 Å². The second kappa shape index (κ2) is 3.74. The molecule has 0 bridgehead atoms. The normalized spacial score (nSPS) is 10.1. The molecule has 0 aromatic heterocycles. The molecular formula is C13H11NO2. The summed E-state index contributed by atoms with van der Waals surface area (Å²) in [4.78, 5) is 0. The molecule has 1 N–H and O–H groups in total. The van der Waals surface area contributed by atoms with Crippen LogP contribution in [0, 0.1) is 18.3 Å². The maximum Gasteiger partial charge on any atom is 0.141 e. The van der Waals surface area contributed by atoms with E-state index in [1.807, 2.05) is 31.2 Å². The summed E-state index contributed by atoms with van der Waals surface area (Å²) in [5.41, 5.74) is 1.10. The summed E-state index contributed by atoms with van der Waals surface area (Å²) in [7, 11) is 1.57. The third-order valence-corrected chi connectivity index (χ3v) is 2.63. The number of aryl methyl sites for hydroxylation is 1. The van der Waals surface area contributed by atoms with Gasteiger partial charge in [-0.3, -0.25) is 0 Å². The van der Waals surface area contributed by atoms with Gasteiger partial charge in [0.05, 0.1) is 12.7 Å². The van der Waals surface area contributed by atoms with Crippen molar-refractivity contribution in [3.05, 3.63) is 35.4 Å². The fourth-order valence-electron chi connectivity index (χ4n) is 1.76. The number of aromatic hydroxyl groups is 1. The smallest absolute Gasteiger partial charge is 0.141 e. The molecule has 0 saturated carbocycles. The fraction of sp³-hybridized carbons (Fsp3) is 0.154. The minimum absolute atomic E-state index is 0.0244. The van der Waals surface area contributed by atoms with Crippen LogP contribution in [0.4, 0.5) is 0 Å². The predicted octanol–water partition coefficient (Wildman–Crippen LogP) is 2.73. The van der Waals surface area contributed by atoms with E-state index in [2.05, 4.69) is 0 Å². The van der Waals surface area contributed by atoms with E-state index in [9.17, 15) is 5.11 Å². The third-order valence-electron chi connectivity index (χ3n) is 2.63. The molecule has 2 rings (SSSR count). The Kier molecular flexibility index (Phi) is 2.41. The van der Waals surface area contributed by atoms with Crippen molar-refractivity contribution in [2.24, 2.45) is 0 Å². The largest absolute Gasteiger partial charge is 0.506 e. The molecule has 3 heteroatoms. The van der Waals surface area contributed by atoms with Crippen molar-refractivity contribution in [2.75, 3.05) is 7.11 Å². The predicted molar refractivity (Wildman–Crippen MR) is 61.6 cm³/mol. The Morgan fingerprint density at radius 1 is 1.31 bits per heavy atom. The van der Waals surface area contributed by atoms with Crippen LogP contribution in [-0.2, 0) is 0 Å². The van der Waals surface area contributed by atoms with Crippen LogP contribution in [0.3, 0.4) is 0 Å². The first-order chi connectivity index (χ1) is 7.67. The van der Waals surface area contributed by atoms with Gasteiger partial charge < -0.3 is 9.84 Å². The Hall–Kier alpha value is -2.21. The second-order valence-electron chi connectivity index (χ2n) is 3.62. The van der Waals surface area contributed by atoms with Gasteiger partial charge in [-0.15, -0.1) is 0 Å². The Morgan fingerprint density at radius 3 is 2.69 bits per heavy atom. The molecule has 0 saturated heterocycles. The molecule has 0 aliphatic heterocycles. The highest BCUT2D eigenvalue weighted by molar-refractivity contribution is 5.92. The highest BCUT2D eigenvalue weighted by atomic mass is 16.5. The summed E-state index contributed by atoms with van der Waals surface area (Å²) in [6.07, 6.45) is 0. The van der Waals surface area contributed by atoms with Crippen LogP contribution in [-0.4, -0.2) is 12.2 Å². The summed E-state index contributed by atoms with van der Waals surface area (Å²) < 4.78 is 5.09. The zero-order valence-corrected chi connectivity index (χ0v) is 9.11. The van der Waals surface area contributed by atoms with Crippen molar-refractivity contribution in [2.45, 2.75) is 6.92 Å². The maximum atomic E-state index is 9.97. The van der Waals surface area contributed by atoms with Crippen molar-refractivity contribution >= 4 is 10.8 Å². The van der Waals surface area contributed by atoms with Gasteiger partial charge in [-0.1, -0.05) is 6.07 Å². The Morgan fingerprint density at radius 2 is 2.06 bits per heavy atom. The zero-order valence-electron chi connectivity index (χ0n) is 9.11. The van der Waals surface area contributed by atoms with E-state index >= 15 is 0 Å². The summed E-state index contributed by atoms with van der Waals surface area (Å²) in [6.45, 7) is 1.81. The Labute approximate surface area is 93.5 Å². The lowest BCUT2D eigenvalue weighted by Gasteiger charge is -2.07. The second-order valence-corrected chi connectivity index (χ2v) is 3.62. The molecule has 0 amide bonds. The van der Waals surface area contributed by atoms with Crippen LogP contribution in [0.5, 0.6) is 11.5 Å². The quantitative estimate of drug-likeness (QED) is 0.792. The van der Waals surface area contributed by atoms with E-state index in [0.29, 0.717) is 16.7 Å². The van der Waals surface area contributed by atoms with Gasteiger partial charge in [0.15, 0.2) is 0 Å². The number of hydrogen-bond donors (Lipinski definition) is 1. The SMILES string of the molecule is COc1ccc2cc(C)c(C#N)c(O)c2c1. The van der Waals surface area contributed by atoms with Gasteiger partial charge in [0.25, 0.3) is 0 Å². The molecule has 0 fully saturated rings. The van der Waals surface area contributed by atoms with E-state index in [1.165, 1.54) is 0 Å². The number of methoxy groups -OCH3 is 1. The molecular weight excluding hydrogens is 202 g/mol. The molecule has 80 valence electrons. The van der Waals surface area contributed by atoms with E-state index < -0.39 is 0 Å². The van der Waals surface area contributed by atoms with Gasteiger partial charge in [0.2, 0.25) is 0 Å². The Balaban J connectivity index is 2.85. The first-order valence-electron chi connectivity index (χ1n) is 4.87. The van der Waals surface area contributed by atoms with Crippen molar-refractivity contribution in [1.29, 1.82) is 5.26 Å². The van der Waals surface area contributed by atoms with E-state index in [1.54, 1.807) is 13.2 Å². The number of nitriles is 1. The summed E-state index contributed by atoms with van der Waals surface area (Å²) in [5, 5.41) is 20.5. The standard InChI is InChI=1S/C13H11NO2/c1-8-5-9-3-4-10(16-2)6-11(9)13(15)12(8)7-14/h3-6,15H,1-2H3. The van der Waals surface area contributed by atoms with Gasteiger partial charge in [0, 0.05) is 5.39 Å². The highest BCUT2D eigenvalue weighted by Crippen LogP contribution is 2.33. The molecule has 2 aromatic rings. The molecule has 0 aliphatic carbocycles. The molecule has 3 nitrogen and oxygen atoms in total. The molecule has 16 heavy (non-hydrogen) atoms. The lowest BCUT2D eigenvalue weighted by Crippen LogP contribution is -1.87. The fourth-order valence-corrected chi connectivity index (χ4v) is 1.76. The number of benzene rings is 2. The molecule has 0 radical (unpaired) electrons. The lowest BCUT2D eigenvalue weighted by molar-refractivity contribution is 0.415. The van der Waals surface area contributed by atoms with Crippen LogP contribution >= 0.6 is 0 Å². The van der Waals surface area contributed by atoms with E-state index in [4.69, 9.17) is 10.00 Å².